The zero-order valence-corrected chi connectivity index (χ0v) is 11.2. The number of nitrogens with zero attached hydrogens (tertiary/aromatic N) is 2. The first kappa shape index (κ1) is 12.3. The summed E-state index contributed by atoms with van der Waals surface area (Å²) in [5.74, 6) is 0. The number of thiocarbonyl (C=S) groups is 1. The summed E-state index contributed by atoms with van der Waals surface area (Å²) in [6.07, 6.45) is 1.19. The molecule has 0 saturated carbocycles. The second kappa shape index (κ2) is 5.02. The van der Waals surface area contributed by atoms with Crippen molar-refractivity contribution in [3.63, 3.8) is 0 Å². The van der Waals surface area contributed by atoms with Crippen molar-refractivity contribution in [1.82, 2.24) is 4.90 Å². The molecule has 1 aliphatic rings. The van der Waals surface area contributed by atoms with E-state index in [4.69, 9.17) is 18.0 Å². The summed E-state index contributed by atoms with van der Waals surface area (Å²) >= 11 is 5.11. The third-order valence-electron chi connectivity index (χ3n) is 3.40. The van der Waals surface area contributed by atoms with Gasteiger partial charge in [0.2, 0.25) is 0 Å². The number of likely N-dealkylation sites (N-methyl/N-ethyl adjacent to an activating group) is 1. The van der Waals surface area contributed by atoms with E-state index in [1.54, 1.807) is 0 Å². The molecular weight excluding hydrogens is 230 g/mol. The molecule has 0 aromatic heterocycles. The molecule has 1 aromatic rings. The number of nitrogens with two attached hydrogens (primary N) is 1. The van der Waals surface area contributed by atoms with Gasteiger partial charge in [-0.05, 0) is 32.6 Å². The van der Waals surface area contributed by atoms with E-state index in [1.807, 2.05) is 18.2 Å². The van der Waals surface area contributed by atoms with Crippen molar-refractivity contribution in [3.8, 4) is 0 Å². The van der Waals surface area contributed by atoms with Crippen molar-refractivity contribution in [2.45, 2.75) is 12.5 Å². The average molecular weight is 249 g/mol. The van der Waals surface area contributed by atoms with Gasteiger partial charge in [0.15, 0.2) is 0 Å². The van der Waals surface area contributed by atoms with Crippen molar-refractivity contribution in [3.05, 3.63) is 29.8 Å². The average Bonchev–Trinajstić information content (AvgIpc) is 2.78. The largest absolute Gasteiger partial charge is 0.389 e. The molecule has 1 saturated heterocycles. The van der Waals surface area contributed by atoms with Crippen molar-refractivity contribution < 1.29 is 0 Å². The maximum absolute atomic E-state index is 5.77. The Morgan fingerprint density at radius 2 is 2.12 bits per heavy atom. The first-order valence-electron chi connectivity index (χ1n) is 5.90. The highest BCUT2D eigenvalue weighted by molar-refractivity contribution is 7.80. The Labute approximate surface area is 108 Å². The Kier molecular flexibility index (Phi) is 3.64. The van der Waals surface area contributed by atoms with Crippen LogP contribution in [-0.2, 0) is 0 Å². The van der Waals surface area contributed by atoms with Crippen molar-refractivity contribution in [2.75, 3.05) is 32.1 Å². The molecule has 1 unspecified atom stereocenters. The Balaban J connectivity index is 2.21. The van der Waals surface area contributed by atoms with Gasteiger partial charge in [0.05, 0.1) is 0 Å². The highest BCUT2D eigenvalue weighted by Gasteiger charge is 2.25. The summed E-state index contributed by atoms with van der Waals surface area (Å²) in [7, 11) is 4.27. The molecule has 1 aliphatic heterocycles. The topological polar surface area (TPSA) is 32.5 Å². The first-order valence-corrected chi connectivity index (χ1v) is 6.30. The highest BCUT2D eigenvalue weighted by atomic mass is 32.1. The standard InChI is InChI=1S/C13H19N3S/c1-15(2)10-7-8-16(9-10)12-6-4-3-5-11(12)13(14)17/h3-6,10H,7-9H2,1-2H3,(H2,14,17). The fraction of sp³-hybridized carbons (Fsp3) is 0.462. The summed E-state index contributed by atoms with van der Waals surface area (Å²) in [6, 6.07) is 8.75. The fourth-order valence-corrected chi connectivity index (χ4v) is 2.51. The minimum atomic E-state index is 0.480. The number of para-hydroxylation sites is 1. The van der Waals surface area contributed by atoms with Crippen LogP contribution in [0.3, 0.4) is 0 Å². The van der Waals surface area contributed by atoms with Crippen LogP contribution in [0.4, 0.5) is 5.69 Å². The number of hydrogen-bond donors (Lipinski definition) is 1. The molecular formula is C13H19N3S. The Morgan fingerprint density at radius 1 is 1.41 bits per heavy atom. The second-order valence-electron chi connectivity index (χ2n) is 4.73. The summed E-state index contributed by atoms with van der Waals surface area (Å²) in [5, 5.41) is 0. The van der Waals surface area contributed by atoms with Crippen LogP contribution in [0.2, 0.25) is 0 Å². The summed E-state index contributed by atoms with van der Waals surface area (Å²) in [6.45, 7) is 2.12. The molecule has 1 aromatic carbocycles. The van der Waals surface area contributed by atoms with Gasteiger partial charge in [-0.1, -0.05) is 24.4 Å². The molecule has 1 heterocycles. The lowest BCUT2D eigenvalue weighted by Gasteiger charge is -2.23. The monoisotopic (exact) mass is 249 g/mol. The molecule has 0 aliphatic carbocycles. The molecule has 0 spiro atoms. The lowest BCUT2D eigenvalue weighted by atomic mass is 10.1. The number of benzene rings is 1. The molecule has 3 nitrogen and oxygen atoms in total. The molecule has 1 fully saturated rings. The van der Waals surface area contributed by atoms with Crippen molar-refractivity contribution in [2.24, 2.45) is 5.73 Å². The van der Waals surface area contributed by atoms with Crippen LogP contribution in [0, 0.1) is 0 Å². The van der Waals surface area contributed by atoms with E-state index in [0.717, 1.165) is 18.7 Å². The molecule has 1 atom stereocenters. The molecule has 0 bridgehead atoms. The zero-order valence-electron chi connectivity index (χ0n) is 10.4. The Hall–Kier alpha value is -1.13. The zero-order chi connectivity index (χ0) is 12.4. The lowest BCUT2D eigenvalue weighted by molar-refractivity contribution is 0.315. The molecule has 17 heavy (non-hydrogen) atoms. The normalized spacial score (nSPS) is 19.9. The maximum atomic E-state index is 5.77. The third-order valence-corrected chi connectivity index (χ3v) is 3.62. The van der Waals surface area contributed by atoms with Crippen LogP contribution < -0.4 is 10.6 Å². The van der Waals surface area contributed by atoms with E-state index in [-0.39, 0.29) is 0 Å². The van der Waals surface area contributed by atoms with Gasteiger partial charge in [-0.25, -0.2) is 0 Å². The molecule has 0 amide bonds. The van der Waals surface area contributed by atoms with E-state index >= 15 is 0 Å². The van der Waals surface area contributed by atoms with Crippen LogP contribution in [0.25, 0.3) is 0 Å². The van der Waals surface area contributed by atoms with E-state index in [2.05, 4.69) is 30.0 Å². The van der Waals surface area contributed by atoms with Crippen LogP contribution >= 0.6 is 12.2 Å². The van der Waals surface area contributed by atoms with Crippen molar-refractivity contribution in [1.29, 1.82) is 0 Å². The predicted octanol–water partition coefficient (Wildman–Crippen LogP) is 1.46. The lowest BCUT2D eigenvalue weighted by Crippen LogP contribution is -2.32. The smallest absolute Gasteiger partial charge is 0.106 e. The summed E-state index contributed by atoms with van der Waals surface area (Å²) in [5.41, 5.74) is 7.93. The van der Waals surface area contributed by atoms with Crippen LogP contribution in [0.15, 0.2) is 24.3 Å². The van der Waals surface area contributed by atoms with Crippen LogP contribution in [0.1, 0.15) is 12.0 Å². The summed E-state index contributed by atoms with van der Waals surface area (Å²) in [4.78, 5) is 5.14. The molecule has 92 valence electrons. The van der Waals surface area contributed by atoms with Gasteiger partial charge in [-0.2, -0.15) is 0 Å². The maximum Gasteiger partial charge on any atom is 0.106 e. The van der Waals surface area contributed by atoms with Gasteiger partial charge in [0, 0.05) is 30.4 Å². The van der Waals surface area contributed by atoms with E-state index in [0.29, 0.717) is 11.0 Å². The summed E-state index contributed by atoms with van der Waals surface area (Å²) < 4.78 is 0. The molecule has 2 rings (SSSR count). The number of rotatable bonds is 3. The molecule has 4 heteroatoms. The van der Waals surface area contributed by atoms with Gasteiger partial charge in [0.25, 0.3) is 0 Å². The van der Waals surface area contributed by atoms with Gasteiger partial charge >= 0.3 is 0 Å². The van der Waals surface area contributed by atoms with Gasteiger partial charge in [-0.15, -0.1) is 0 Å². The van der Waals surface area contributed by atoms with Gasteiger partial charge in [-0.3, -0.25) is 0 Å². The van der Waals surface area contributed by atoms with Crippen molar-refractivity contribution >= 4 is 22.9 Å². The third kappa shape index (κ3) is 2.58. The number of hydrogen-bond acceptors (Lipinski definition) is 3. The van der Waals surface area contributed by atoms with Crippen LogP contribution in [-0.4, -0.2) is 43.1 Å². The Morgan fingerprint density at radius 3 is 2.71 bits per heavy atom. The quantitative estimate of drug-likeness (QED) is 0.822. The highest BCUT2D eigenvalue weighted by Crippen LogP contribution is 2.25. The van der Waals surface area contributed by atoms with Gasteiger partial charge < -0.3 is 15.5 Å². The first-order chi connectivity index (χ1) is 8.09. The van der Waals surface area contributed by atoms with Crippen LogP contribution in [0.5, 0.6) is 0 Å². The number of anilines is 1. The predicted molar refractivity (Wildman–Crippen MR) is 76.6 cm³/mol. The van der Waals surface area contributed by atoms with E-state index in [9.17, 15) is 0 Å². The minimum Gasteiger partial charge on any atom is -0.389 e. The second-order valence-corrected chi connectivity index (χ2v) is 5.17. The van der Waals surface area contributed by atoms with E-state index < -0.39 is 0 Å². The van der Waals surface area contributed by atoms with Gasteiger partial charge in [0.1, 0.15) is 4.99 Å². The molecule has 0 radical (unpaired) electrons. The molecule has 2 N–H and O–H groups in total. The Bertz CT molecular complexity index is 417. The van der Waals surface area contributed by atoms with E-state index in [1.165, 1.54) is 12.1 Å². The minimum absolute atomic E-state index is 0.480. The fourth-order valence-electron chi connectivity index (χ4n) is 2.34. The SMILES string of the molecule is CN(C)C1CCN(c2ccccc2C(N)=S)C1.